The zero-order valence-corrected chi connectivity index (χ0v) is 18.0. The van der Waals surface area contributed by atoms with Gasteiger partial charge in [-0.15, -0.1) is 12.4 Å². The fourth-order valence-electron chi connectivity index (χ4n) is 4.83. The Morgan fingerprint density at radius 1 is 1.17 bits per heavy atom. The summed E-state index contributed by atoms with van der Waals surface area (Å²) in [7, 11) is 1.97. The number of aryl methyl sites for hydroxylation is 1. The molecule has 9 heteroatoms. The van der Waals surface area contributed by atoms with E-state index in [2.05, 4.69) is 15.6 Å². The maximum atomic E-state index is 13.4. The van der Waals surface area contributed by atoms with Crippen molar-refractivity contribution in [3.63, 3.8) is 0 Å². The van der Waals surface area contributed by atoms with Crippen molar-refractivity contribution in [2.45, 2.75) is 50.6 Å². The lowest BCUT2D eigenvalue weighted by molar-refractivity contribution is -0.140. The molecule has 4 rings (SSSR count). The Bertz CT molecular complexity index is 705. The number of piperidine rings is 1. The Kier molecular flexibility index (Phi) is 7.40. The van der Waals surface area contributed by atoms with Crippen molar-refractivity contribution in [2.24, 2.45) is 13.0 Å². The van der Waals surface area contributed by atoms with Crippen LogP contribution in [0.4, 0.5) is 4.79 Å². The van der Waals surface area contributed by atoms with Gasteiger partial charge in [-0.05, 0) is 25.7 Å². The van der Waals surface area contributed by atoms with E-state index in [4.69, 9.17) is 0 Å². The molecule has 3 fully saturated rings. The zero-order chi connectivity index (χ0) is 19.5. The van der Waals surface area contributed by atoms with E-state index in [1.807, 2.05) is 27.6 Å². The van der Waals surface area contributed by atoms with E-state index in [0.717, 1.165) is 51.1 Å². The maximum absolute atomic E-state index is 13.4. The molecule has 2 atom stereocenters. The average Bonchev–Trinajstić information content (AvgIpc) is 3.39. The van der Waals surface area contributed by atoms with Crippen LogP contribution in [0.3, 0.4) is 0 Å². The highest BCUT2D eigenvalue weighted by Gasteiger charge is 2.37. The lowest BCUT2D eigenvalue weighted by Gasteiger charge is -2.40. The van der Waals surface area contributed by atoms with Gasteiger partial charge in [-0.25, -0.2) is 9.78 Å². The molecule has 2 aliphatic heterocycles. The SMILES string of the molecule is Cl.Cn1ccnc1C1CNCCN1C(=O)C1CCCN(C(=O)NC2CCCC2)C1. The van der Waals surface area contributed by atoms with E-state index in [9.17, 15) is 9.59 Å². The van der Waals surface area contributed by atoms with Crippen molar-refractivity contribution in [1.29, 1.82) is 0 Å². The van der Waals surface area contributed by atoms with Crippen LogP contribution in [-0.4, -0.2) is 70.1 Å². The van der Waals surface area contributed by atoms with Crippen molar-refractivity contribution >= 4 is 24.3 Å². The number of likely N-dealkylation sites (tertiary alicyclic amines) is 1. The minimum Gasteiger partial charge on any atom is -0.336 e. The predicted molar refractivity (Wildman–Crippen MR) is 113 cm³/mol. The second kappa shape index (κ2) is 9.80. The van der Waals surface area contributed by atoms with Crippen molar-refractivity contribution in [2.75, 3.05) is 32.7 Å². The smallest absolute Gasteiger partial charge is 0.317 e. The monoisotopic (exact) mass is 424 g/mol. The van der Waals surface area contributed by atoms with Crippen LogP contribution in [0.5, 0.6) is 0 Å². The van der Waals surface area contributed by atoms with Gasteiger partial charge in [0.2, 0.25) is 5.91 Å². The van der Waals surface area contributed by atoms with Gasteiger partial charge in [0.25, 0.3) is 0 Å². The highest BCUT2D eigenvalue weighted by atomic mass is 35.5. The van der Waals surface area contributed by atoms with Crippen LogP contribution in [-0.2, 0) is 11.8 Å². The summed E-state index contributed by atoms with van der Waals surface area (Å²) in [5.41, 5.74) is 0. The summed E-state index contributed by atoms with van der Waals surface area (Å²) in [6.45, 7) is 3.46. The fourth-order valence-corrected chi connectivity index (χ4v) is 4.83. The maximum Gasteiger partial charge on any atom is 0.317 e. The van der Waals surface area contributed by atoms with E-state index >= 15 is 0 Å². The minimum absolute atomic E-state index is 0. The molecule has 1 saturated carbocycles. The first-order valence-electron chi connectivity index (χ1n) is 10.7. The lowest BCUT2D eigenvalue weighted by atomic mass is 9.95. The van der Waals surface area contributed by atoms with Crippen LogP contribution in [0.15, 0.2) is 12.4 Å². The molecule has 0 spiro atoms. The molecular weight excluding hydrogens is 392 g/mol. The van der Waals surface area contributed by atoms with E-state index < -0.39 is 0 Å². The van der Waals surface area contributed by atoms with Gasteiger partial charge in [-0.3, -0.25) is 4.79 Å². The van der Waals surface area contributed by atoms with E-state index in [0.29, 0.717) is 19.1 Å². The molecule has 2 unspecified atom stereocenters. The van der Waals surface area contributed by atoms with Crippen LogP contribution < -0.4 is 10.6 Å². The molecule has 1 aromatic rings. The topological polar surface area (TPSA) is 82.5 Å². The summed E-state index contributed by atoms with van der Waals surface area (Å²) in [5, 5.41) is 6.55. The van der Waals surface area contributed by atoms with Crippen LogP contribution in [0.2, 0.25) is 0 Å². The molecule has 3 aliphatic rings. The number of imidazole rings is 1. The van der Waals surface area contributed by atoms with E-state index in [1.165, 1.54) is 12.8 Å². The second-order valence-electron chi connectivity index (χ2n) is 8.36. The largest absolute Gasteiger partial charge is 0.336 e. The molecule has 1 aliphatic carbocycles. The van der Waals surface area contributed by atoms with Crippen LogP contribution in [0.1, 0.15) is 50.4 Å². The van der Waals surface area contributed by atoms with Crippen molar-refractivity contribution in [3.8, 4) is 0 Å². The molecule has 1 aromatic heterocycles. The van der Waals surface area contributed by atoms with Crippen molar-refractivity contribution in [1.82, 2.24) is 30.0 Å². The van der Waals surface area contributed by atoms with Crippen LogP contribution in [0.25, 0.3) is 0 Å². The number of urea groups is 1. The number of piperazine rings is 1. The molecule has 8 nitrogen and oxygen atoms in total. The number of aromatic nitrogens is 2. The first-order valence-corrected chi connectivity index (χ1v) is 10.7. The predicted octanol–water partition coefficient (Wildman–Crippen LogP) is 1.68. The number of carbonyl (C=O) groups is 2. The Morgan fingerprint density at radius 2 is 1.97 bits per heavy atom. The third-order valence-electron chi connectivity index (χ3n) is 6.42. The molecule has 3 heterocycles. The summed E-state index contributed by atoms with van der Waals surface area (Å²) >= 11 is 0. The summed E-state index contributed by atoms with van der Waals surface area (Å²) < 4.78 is 1.99. The van der Waals surface area contributed by atoms with Gasteiger partial charge in [-0.2, -0.15) is 0 Å². The van der Waals surface area contributed by atoms with Crippen LogP contribution >= 0.6 is 12.4 Å². The normalized spacial score (nSPS) is 25.6. The molecule has 0 aromatic carbocycles. The average molecular weight is 425 g/mol. The van der Waals surface area contributed by atoms with Gasteiger partial charge in [0.15, 0.2) is 0 Å². The van der Waals surface area contributed by atoms with Gasteiger partial charge >= 0.3 is 6.03 Å². The van der Waals surface area contributed by atoms with Gasteiger partial charge in [0, 0.05) is 58.2 Å². The summed E-state index contributed by atoms with van der Waals surface area (Å²) in [6, 6.07) is 0.263. The fraction of sp³-hybridized carbons (Fsp3) is 0.750. The quantitative estimate of drug-likeness (QED) is 0.773. The first-order chi connectivity index (χ1) is 13.6. The number of amides is 3. The lowest BCUT2D eigenvalue weighted by Crippen LogP contribution is -2.55. The molecule has 3 amide bonds. The molecule has 2 N–H and O–H groups in total. The van der Waals surface area contributed by atoms with E-state index in [1.54, 1.807) is 6.20 Å². The number of hydrogen-bond acceptors (Lipinski definition) is 4. The number of rotatable bonds is 3. The number of nitrogens with zero attached hydrogens (tertiary/aromatic N) is 4. The second-order valence-corrected chi connectivity index (χ2v) is 8.36. The molecule has 0 bridgehead atoms. The molecule has 0 radical (unpaired) electrons. The first kappa shape index (κ1) is 21.9. The van der Waals surface area contributed by atoms with Gasteiger partial charge in [0.05, 0.1) is 5.92 Å². The van der Waals surface area contributed by atoms with Gasteiger partial charge in [-0.1, -0.05) is 12.8 Å². The highest BCUT2D eigenvalue weighted by molar-refractivity contribution is 5.85. The molecular formula is C20H33ClN6O2. The number of nitrogens with one attached hydrogen (secondary N) is 2. The highest BCUT2D eigenvalue weighted by Crippen LogP contribution is 2.26. The van der Waals surface area contributed by atoms with E-state index in [-0.39, 0.29) is 36.3 Å². The summed E-state index contributed by atoms with van der Waals surface area (Å²) in [6.07, 6.45) is 9.98. The van der Waals surface area contributed by atoms with Gasteiger partial charge in [0.1, 0.15) is 11.9 Å². The van der Waals surface area contributed by atoms with Crippen molar-refractivity contribution < 1.29 is 9.59 Å². The van der Waals surface area contributed by atoms with Crippen molar-refractivity contribution in [3.05, 3.63) is 18.2 Å². The standard InChI is InChI=1S/C20H32N6O2.ClH/c1-24-11-9-22-18(24)17-13-21-8-12-26(17)19(27)15-5-4-10-25(14-15)20(28)23-16-6-2-3-7-16;/h9,11,15-17,21H,2-8,10,12-14H2,1H3,(H,23,28);1H. The number of halogens is 1. The molecule has 2 saturated heterocycles. The minimum atomic E-state index is -0.121. The molecule has 162 valence electrons. The number of hydrogen-bond donors (Lipinski definition) is 2. The Balaban J connectivity index is 0.00000240. The van der Waals surface area contributed by atoms with Gasteiger partial charge < -0.3 is 25.0 Å². The Hall–Kier alpha value is -1.80. The Morgan fingerprint density at radius 3 is 2.69 bits per heavy atom. The van der Waals surface area contributed by atoms with Crippen LogP contribution in [0, 0.1) is 5.92 Å². The Labute approximate surface area is 178 Å². The third kappa shape index (κ3) is 4.86. The summed E-state index contributed by atoms with van der Waals surface area (Å²) in [5.74, 6) is 0.948. The number of carbonyl (C=O) groups excluding carboxylic acids is 2. The zero-order valence-electron chi connectivity index (χ0n) is 17.2. The third-order valence-corrected chi connectivity index (χ3v) is 6.42. The molecule has 29 heavy (non-hydrogen) atoms. The summed E-state index contributed by atoms with van der Waals surface area (Å²) in [4.78, 5) is 34.3.